The van der Waals surface area contributed by atoms with E-state index in [1.807, 2.05) is 31.9 Å². The van der Waals surface area contributed by atoms with Crippen LogP contribution in [0.3, 0.4) is 0 Å². The molecule has 2 saturated heterocycles. The quantitative estimate of drug-likeness (QED) is 0.887. The number of fused-ring (bicyclic) bond motifs is 2. The van der Waals surface area contributed by atoms with Gasteiger partial charge in [0.15, 0.2) is 0 Å². The van der Waals surface area contributed by atoms with E-state index in [1.165, 1.54) is 12.8 Å². The van der Waals surface area contributed by atoms with E-state index >= 15 is 0 Å². The second kappa shape index (κ2) is 5.13. The van der Waals surface area contributed by atoms with Crippen molar-refractivity contribution in [1.82, 2.24) is 20.4 Å². The fraction of sp³-hybridized carbons (Fsp3) is 0.667. The zero-order valence-electron chi connectivity index (χ0n) is 12.4. The molecule has 2 aliphatic heterocycles. The first-order chi connectivity index (χ1) is 9.54. The van der Waals surface area contributed by atoms with E-state index < -0.39 is 0 Å². The molecule has 1 amide bonds. The van der Waals surface area contributed by atoms with E-state index in [0.717, 1.165) is 18.5 Å². The van der Waals surface area contributed by atoms with Gasteiger partial charge < -0.3 is 10.2 Å². The van der Waals surface area contributed by atoms with Crippen LogP contribution in [0.4, 0.5) is 0 Å². The van der Waals surface area contributed by atoms with Gasteiger partial charge in [0.1, 0.15) is 0 Å². The van der Waals surface area contributed by atoms with Crippen molar-refractivity contribution in [2.45, 2.75) is 57.7 Å². The van der Waals surface area contributed by atoms with E-state index in [1.54, 1.807) is 0 Å². The summed E-state index contributed by atoms with van der Waals surface area (Å²) in [6, 6.07) is 3.37. The van der Waals surface area contributed by atoms with Gasteiger partial charge in [0, 0.05) is 25.2 Å². The largest absolute Gasteiger partial charge is 0.339 e. The molecule has 0 aliphatic carbocycles. The Bertz CT molecular complexity index is 519. The molecule has 0 spiro atoms. The van der Waals surface area contributed by atoms with Gasteiger partial charge in [-0.05, 0) is 45.6 Å². The maximum atomic E-state index is 12.7. The zero-order chi connectivity index (χ0) is 14.3. The Morgan fingerprint density at radius 1 is 1.25 bits per heavy atom. The molecule has 108 valence electrons. The molecule has 3 rings (SSSR count). The van der Waals surface area contributed by atoms with E-state index in [-0.39, 0.29) is 5.91 Å². The SMILES string of the molecule is Cc1cc(C(=O)N(C)C2CC3CCC(C2)N3)c(C)nn1. The van der Waals surface area contributed by atoms with Crippen molar-refractivity contribution in [3.05, 3.63) is 23.0 Å². The van der Waals surface area contributed by atoms with Crippen molar-refractivity contribution in [3.63, 3.8) is 0 Å². The number of aryl methyl sites for hydroxylation is 2. The molecule has 2 bridgehead atoms. The summed E-state index contributed by atoms with van der Waals surface area (Å²) in [5, 5.41) is 11.7. The van der Waals surface area contributed by atoms with Gasteiger partial charge in [-0.2, -0.15) is 10.2 Å². The molecular formula is C15H22N4O. The van der Waals surface area contributed by atoms with Gasteiger partial charge >= 0.3 is 0 Å². The number of nitrogens with one attached hydrogen (secondary N) is 1. The highest BCUT2D eigenvalue weighted by Gasteiger charge is 2.36. The fourth-order valence-corrected chi connectivity index (χ4v) is 3.47. The van der Waals surface area contributed by atoms with E-state index in [2.05, 4.69) is 15.5 Å². The van der Waals surface area contributed by atoms with Gasteiger partial charge in [0.05, 0.1) is 17.0 Å². The number of amides is 1. The molecule has 2 atom stereocenters. The number of aromatic nitrogens is 2. The van der Waals surface area contributed by atoms with E-state index in [0.29, 0.717) is 29.4 Å². The second-order valence-electron chi connectivity index (χ2n) is 6.16. The molecule has 20 heavy (non-hydrogen) atoms. The second-order valence-corrected chi connectivity index (χ2v) is 6.16. The van der Waals surface area contributed by atoms with Crippen LogP contribution in [0, 0.1) is 13.8 Å². The lowest BCUT2D eigenvalue weighted by Gasteiger charge is -2.35. The Kier molecular flexibility index (Phi) is 3.46. The molecule has 1 aromatic rings. The smallest absolute Gasteiger partial charge is 0.255 e. The maximum absolute atomic E-state index is 12.7. The van der Waals surface area contributed by atoms with E-state index in [9.17, 15) is 4.79 Å². The third-order valence-electron chi connectivity index (χ3n) is 4.65. The van der Waals surface area contributed by atoms with Crippen LogP contribution in [0.5, 0.6) is 0 Å². The monoisotopic (exact) mass is 274 g/mol. The van der Waals surface area contributed by atoms with Gasteiger partial charge in [0.25, 0.3) is 5.91 Å². The van der Waals surface area contributed by atoms with Crippen LogP contribution in [0.2, 0.25) is 0 Å². The average Bonchev–Trinajstić information content (AvgIpc) is 2.78. The third-order valence-corrected chi connectivity index (χ3v) is 4.65. The average molecular weight is 274 g/mol. The van der Waals surface area contributed by atoms with Crippen LogP contribution >= 0.6 is 0 Å². The molecule has 5 heteroatoms. The molecule has 2 aliphatic rings. The molecular weight excluding hydrogens is 252 g/mol. The van der Waals surface area contributed by atoms with Crippen molar-refractivity contribution in [1.29, 1.82) is 0 Å². The standard InChI is InChI=1S/C15H22N4O/c1-9-6-14(10(2)18-17-9)15(20)19(3)13-7-11-4-5-12(8-13)16-11/h6,11-13,16H,4-5,7-8H2,1-3H3. The number of piperidine rings is 1. The minimum absolute atomic E-state index is 0.0757. The van der Waals surface area contributed by atoms with E-state index in [4.69, 9.17) is 0 Å². The highest BCUT2D eigenvalue weighted by molar-refractivity contribution is 5.95. The number of hydrogen-bond donors (Lipinski definition) is 1. The Labute approximate surface area is 119 Å². The topological polar surface area (TPSA) is 58.1 Å². The number of carbonyl (C=O) groups is 1. The highest BCUT2D eigenvalue weighted by atomic mass is 16.2. The van der Waals surface area contributed by atoms with Crippen LogP contribution in [0.15, 0.2) is 6.07 Å². The fourth-order valence-electron chi connectivity index (χ4n) is 3.47. The normalized spacial score (nSPS) is 28.4. The summed E-state index contributed by atoms with van der Waals surface area (Å²) in [6.07, 6.45) is 4.63. The van der Waals surface area contributed by atoms with Gasteiger partial charge in [-0.15, -0.1) is 0 Å². The van der Waals surface area contributed by atoms with Crippen LogP contribution in [-0.4, -0.2) is 46.2 Å². The molecule has 0 aromatic carbocycles. The summed E-state index contributed by atoms with van der Waals surface area (Å²) < 4.78 is 0. The summed E-state index contributed by atoms with van der Waals surface area (Å²) in [7, 11) is 1.92. The minimum atomic E-state index is 0.0757. The van der Waals surface area contributed by atoms with Gasteiger partial charge in [-0.3, -0.25) is 4.79 Å². The predicted molar refractivity (Wildman–Crippen MR) is 76.6 cm³/mol. The first-order valence-electron chi connectivity index (χ1n) is 7.38. The van der Waals surface area contributed by atoms with Gasteiger partial charge in [0.2, 0.25) is 0 Å². The highest BCUT2D eigenvalue weighted by Crippen LogP contribution is 2.30. The molecule has 1 N–H and O–H groups in total. The van der Waals surface area contributed by atoms with Crippen molar-refractivity contribution < 1.29 is 4.79 Å². The summed E-state index contributed by atoms with van der Waals surface area (Å²) in [5.41, 5.74) is 2.19. The Morgan fingerprint density at radius 3 is 2.55 bits per heavy atom. The Balaban J connectivity index is 1.78. The molecule has 2 fully saturated rings. The number of carbonyl (C=O) groups excluding carboxylic acids is 1. The number of hydrogen-bond acceptors (Lipinski definition) is 4. The predicted octanol–water partition coefficient (Wildman–Crippen LogP) is 1.45. The van der Waals surface area contributed by atoms with Crippen LogP contribution in [0.1, 0.15) is 47.4 Å². The van der Waals surface area contributed by atoms with Crippen molar-refractivity contribution in [3.8, 4) is 0 Å². The molecule has 1 aromatic heterocycles. The minimum Gasteiger partial charge on any atom is -0.339 e. The van der Waals surface area contributed by atoms with Crippen molar-refractivity contribution in [2.24, 2.45) is 0 Å². The molecule has 0 radical (unpaired) electrons. The summed E-state index contributed by atoms with van der Waals surface area (Å²) >= 11 is 0. The third kappa shape index (κ3) is 2.42. The lowest BCUT2D eigenvalue weighted by atomic mass is 9.98. The summed E-state index contributed by atoms with van der Waals surface area (Å²) in [4.78, 5) is 14.6. The van der Waals surface area contributed by atoms with Crippen LogP contribution in [-0.2, 0) is 0 Å². The molecule has 0 saturated carbocycles. The molecule has 3 heterocycles. The summed E-state index contributed by atoms with van der Waals surface area (Å²) in [6.45, 7) is 3.72. The number of rotatable bonds is 2. The molecule has 2 unspecified atom stereocenters. The first kappa shape index (κ1) is 13.5. The Hall–Kier alpha value is -1.49. The van der Waals surface area contributed by atoms with Gasteiger partial charge in [-0.1, -0.05) is 0 Å². The molecule has 5 nitrogen and oxygen atoms in total. The first-order valence-corrected chi connectivity index (χ1v) is 7.38. The van der Waals surface area contributed by atoms with Crippen molar-refractivity contribution >= 4 is 5.91 Å². The lowest BCUT2D eigenvalue weighted by Crippen LogP contribution is -2.48. The Morgan fingerprint density at radius 2 is 1.90 bits per heavy atom. The van der Waals surface area contributed by atoms with Crippen molar-refractivity contribution in [2.75, 3.05) is 7.05 Å². The van der Waals surface area contributed by atoms with Gasteiger partial charge in [-0.25, -0.2) is 0 Å². The lowest BCUT2D eigenvalue weighted by molar-refractivity contribution is 0.0680. The van der Waals surface area contributed by atoms with Crippen LogP contribution < -0.4 is 5.32 Å². The number of nitrogens with zero attached hydrogens (tertiary/aromatic N) is 3. The summed E-state index contributed by atoms with van der Waals surface area (Å²) in [5.74, 6) is 0.0757. The van der Waals surface area contributed by atoms with Crippen LogP contribution in [0.25, 0.3) is 0 Å². The maximum Gasteiger partial charge on any atom is 0.255 e. The zero-order valence-corrected chi connectivity index (χ0v) is 12.4.